The number of ether oxygens (including phenoxy) is 4. The van der Waals surface area contributed by atoms with Crippen LogP contribution in [0.4, 0.5) is 0 Å². The second-order valence-corrected chi connectivity index (χ2v) is 7.84. The molecule has 0 heterocycles. The molecule has 186 valence electrons. The summed E-state index contributed by atoms with van der Waals surface area (Å²) >= 11 is 0. The van der Waals surface area contributed by atoms with Gasteiger partial charge in [0.2, 0.25) is 0 Å². The summed E-state index contributed by atoms with van der Waals surface area (Å²) in [6.07, 6.45) is 1.41. The summed E-state index contributed by atoms with van der Waals surface area (Å²) in [5, 5.41) is 20.9. The molecule has 0 amide bonds. The molecule has 0 atom stereocenters. The summed E-state index contributed by atoms with van der Waals surface area (Å²) in [6.45, 7) is 4.26. The predicted octanol–water partition coefficient (Wildman–Crippen LogP) is 4.64. The third-order valence-electron chi connectivity index (χ3n) is 5.28. The Labute approximate surface area is 204 Å². The summed E-state index contributed by atoms with van der Waals surface area (Å²) < 4.78 is 22.6. The van der Waals surface area contributed by atoms with E-state index < -0.39 is 12.6 Å². The maximum atomic E-state index is 11.7. The van der Waals surface area contributed by atoms with E-state index in [0.717, 1.165) is 17.2 Å². The van der Waals surface area contributed by atoms with Gasteiger partial charge in [-0.3, -0.25) is 4.79 Å². The van der Waals surface area contributed by atoms with Crippen molar-refractivity contribution in [3.63, 3.8) is 0 Å². The first-order valence-corrected chi connectivity index (χ1v) is 11.5. The zero-order chi connectivity index (χ0) is 25.2. The van der Waals surface area contributed by atoms with Crippen LogP contribution >= 0.6 is 0 Å². The van der Waals surface area contributed by atoms with E-state index in [-0.39, 0.29) is 18.1 Å². The third-order valence-corrected chi connectivity index (χ3v) is 5.28. The lowest BCUT2D eigenvalue weighted by atomic mass is 10.0. The molecule has 2 N–H and O–H groups in total. The molecule has 0 aliphatic rings. The van der Waals surface area contributed by atoms with Gasteiger partial charge in [-0.05, 0) is 37.6 Å². The summed E-state index contributed by atoms with van der Waals surface area (Å²) in [5.41, 5.74) is 0.925. The Morgan fingerprint density at radius 1 is 0.800 bits per heavy atom. The summed E-state index contributed by atoms with van der Waals surface area (Å²) in [4.78, 5) is 22.5. The molecule has 3 rings (SSSR count). The Morgan fingerprint density at radius 3 is 1.97 bits per heavy atom. The highest BCUT2D eigenvalue weighted by atomic mass is 16.5. The number of Topliss-reactive ketones (excluding diaryl/α,β-unsaturated/α-hetero) is 1. The van der Waals surface area contributed by atoms with Crippen LogP contribution in [0.15, 0.2) is 48.5 Å². The number of phenolic OH excluding ortho intramolecular Hbond substituents is 1. The van der Waals surface area contributed by atoms with Gasteiger partial charge in [-0.2, -0.15) is 0 Å². The number of carboxylic acid groups (broad SMARTS) is 1. The van der Waals surface area contributed by atoms with Gasteiger partial charge in [0, 0.05) is 16.3 Å². The maximum Gasteiger partial charge on any atom is 0.341 e. The SMILES string of the molecule is CCCc1c(OCCOCCOc2cccc3c(OCC(=O)O)cccc23)ccc(C(C)=O)c1O. The highest BCUT2D eigenvalue weighted by molar-refractivity contribution is 5.97. The fourth-order valence-electron chi connectivity index (χ4n) is 3.70. The van der Waals surface area contributed by atoms with Crippen LogP contribution in [0.1, 0.15) is 36.2 Å². The molecule has 0 aliphatic heterocycles. The number of carboxylic acids is 1. The predicted molar refractivity (Wildman–Crippen MR) is 131 cm³/mol. The van der Waals surface area contributed by atoms with Crippen LogP contribution in [0.5, 0.6) is 23.0 Å². The van der Waals surface area contributed by atoms with E-state index in [1.54, 1.807) is 24.3 Å². The normalized spacial score (nSPS) is 10.8. The number of aliphatic carboxylic acids is 1. The van der Waals surface area contributed by atoms with Crippen molar-refractivity contribution in [2.24, 2.45) is 0 Å². The van der Waals surface area contributed by atoms with Crippen molar-refractivity contribution in [3.8, 4) is 23.0 Å². The van der Waals surface area contributed by atoms with E-state index in [4.69, 9.17) is 24.1 Å². The number of carbonyl (C=O) groups excluding carboxylic acids is 1. The first-order valence-electron chi connectivity index (χ1n) is 11.5. The van der Waals surface area contributed by atoms with Crippen molar-refractivity contribution >= 4 is 22.5 Å². The lowest BCUT2D eigenvalue weighted by Gasteiger charge is -2.15. The lowest BCUT2D eigenvalue weighted by molar-refractivity contribution is -0.139. The Hall–Kier alpha value is -3.78. The Morgan fingerprint density at radius 2 is 1.40 bits per heavy atom. The number of hydrogen-bond acceptors (Lipinski definition) is 7. The molecule has 0 radical (unpaired) electrons. The molecule has 8 nitrogen and oxygen atoms in total. The minimum atomic E-state index is -1.04. The van der Waals surface area contributed by atoms with Gasteiger partial charge in [-0.25, -0.2) is 4.79 Å². The van der Waals surface area contributed by atoms with Crippen molar-refractivity contribution in [3.05, 3.63) is 59.7 Å². The monoisotopic (exact) mass is 482 g/mol. The minimum Gasteiger partial charge on any atom is -0.507 e. The van der Waals surface area contributed by atoms with Crippen LogP contribution in [-0.2, 0) is 16.0 Å². The number of fused-ring (bicyclic) bond motifs is 1. The molecule has 0 aliphatic carbocycles. The van der Waals surface area contributed by atoms with Crippen LogP contribution < -0.4 is 14.2 Å². The van der Waals surface area contributed by atoms with Gasteiger partial charge in [0.1, 0.15) is 36.2 Å². The quantitative estimate of drug-likeness (QED) is 0.253. The maximum absolute atomic E-state index is 11.7. The van der Waals surface area contributed by atoms with E-state index in [2.05, 4.69) is 0 Å². The molecule has 0 fully saturated rings. The van der Waals surface area contributed by atoms with E-state index in [9.17, 15) is 14.7 Å². The van der Waals surface area contributed by atoms with E-state index in [0.29, 0.717) is 54.6 Å². The molecule has 3 aromatic rings. The molecule has 0 saturated heterocycles. The van der Waals surface area contributed by atoms with Crippen LogP contribution in [-0.4, -0.2) is 55.0 Å². The summed E-state index contributed by atoms with van der Waals surface area (Å²) in [7, 11) is 0. The average molecular weight is 483 g/mol. The molecule has 3 aromatic carbocycles. The lowest BCUT2D eigenvalue weighted by Crippen LogP contribution is -2.13. The largest absolute Gasteiger partial charge is 0.507 e. The number of ketones is 1. The van der Waals surface area contributed by atoms with E-state index in [1.165, 1.54) is 6.92 Å². The molecule has 0 bridgehead atoms. The molecular formula is C27H30O8. The molecule has 0 unspecified atom stereocenters. The molecule has 0 spiro atoms. The molecule has 35 heavy (non-hydrogen) atoms. The zero-order valence-electron chi connectivity index (χ0n) is 19.9. The van der Waals surface area contributed by atoms with Crippen molar-refractivity contribution in [1.82, 2.24) is 0 Å². The number of aromatic hydroxyl groups is 1. The first-order chi connectivity index (χ1) is 16.9. The van der Waals surface area contributed by atoms with Gasteiger partial charge in [0.25, 0.3) is 0 Å². The van der Waals surface area contributed by atoms with Crippen LogP contribution in [0.2, 0.25) is 0 Å². The van der Waals surface area contributed by atoms with Crippen molar-refractivity contribution in [2.45, 2.75) is 26.7 Å². The standard InChI is InChI=1S/C27H30O8/c1-3-6-22-25(12-11-19(18(2)28)27(22)31)34-16-14-32-13-15-33-23-9-4-8-21-20(23)7-5-10-24(21)35-17-26(29)30/h4-5,7-12,31H,3,6,13-17H2,1-2H3,(H,29,30). The van der Waals surface area contributed by atoms with Gasteiger partial charge < -0.3 is 29.2 Å². The number of hydrogen-bond donors (Lipinski definition) is 2. The molecular weight excluding hydrogens is 452 g/mol. The highest BCUT2D eigenvalue weighted by Crippen LogP contribution is 2.33. The van der Waals surface area contributed by atoms with Gasteiger partial charge in [-0.1, -0.05) is 37.6 Å². The third kappa shape index (κ3) is 6.86. The van der Waals surface area contributed by atoms with Crippen LogP contribution in [0.25, 0.3) is 10.8 Å². The van der Waals surface area contributed by atoms with Crippen molar-refractivity contribution in [1.29, 1.82) is 0 Å². The Balaban J connectivity index is 1.49. The van der Waals surface area contributed by atoms with E-state index in [1.807, 2.05) is 31.2 Å². The number of rotatable bonds is 14. The van der Waals surface area contributed by atoms with Gasteiger partial charge in [0.15, 0.2) is 12.4 Å². The first kappa shape index (κ1) is 25.8. The van der Waals surface area contributed by atoms with Gasteiger partial charge in [-0.15, -0.1) is 0 Å². The number of benzene rings is 3. The Kier molecular flexibility index (Phi) is 9.31. The highest BCUT2D eigenvalue weighted by Gasteiger charge is 2.16. The fourth-order valence-corrected chi connectivity index (χ4v) is 3.70. The van der Waals surface area contributed by atoms with Crippen molar-refractivity contribution in [2.75, 3.05) is 33.0 Å². The molecule has 8 heteroatoms. The summed E-state index contributed by atoms with van der Waals surface area (Å²) in [5.74, 6) is 0.428. The molecule has 0 aromatic heterocycles. The topological polar surface area (TPSA) is 112 Å². The second kappa shape index (κ2) is 12.6. The molecule has 0 saturated carbocycles. The second-order valence-electron chi connectivity index (χ2n) is 7.84. The average Bonchev–Trinajstić information content (AvgIpc) is 2.83. The van der Waals surface area contributed by atoms with Crippen LogP contribution in [0.3, 0.4) is 0 Å². The van der Waals surface area contributed by atoms with Gasteiger partial charge >= 0.3 is 5.97 Å². The van der Waals surface area contributed by atoms with Gasteiger partial charge in [0.05, 0.1) is 18.8 Å². The van der Waals surface area contributed by atoms with E-state index >= 15 is 0 Å². The zero-order valence-corrected chi connectivity index (χ0v) is 19.9. The van der Waals surface area contributed by atoms with Crippen molar-refractivity contribution < 1.29 is 38.7 Å². The Bertz CT molecular complexity index is 1170. The number of carbonyl (C=O) groups is 2. The fraction of sp³-hybridized carbons (Fsp3) is 0.333. The smallest absolute Gasteiger partial charge is 0.341 e. The van der Waals surface area contributed by atoms with Crippen LogP contribution in [0, 0.1) is 0 Å². The summed E-state index contributed by atoms with van der Waals surface area (Å²) in [6, 6.07) is 14.2. The number of phenols is 1. The minimum absolute atomic E-state index is 0.0160.